The van der Waals surface area contributed by atoms with Crippen molar-refractivity contribution in [2.75, 3.05) is 6.54 Å². The summed E-state index contributed by atoms with van der Waals surface area (Å²) in [5.41, 5.74) is 4.46. The van der Waals surface area contributed by atoms with Crippen molar-refractivity contribution >= 4 is 0 Å². The second kappa shape index (κ2) is 4.14. The van der Waals surface area contributed by atoms with Crippen LogP contribution in [0.25, 0.3) is 0 Å². The lowest BCUT2D eigenvalue weighted by Crippen LogP contribution is -2.11. The molecule has 0 amide bonds. The summed E-state index contributed by atoms with van der Waals surface area (Å²) in [4.78, 5) is 0. The van der Waals surface area contributed by atoms with E-state index in [4.69, 9.17) is 0 Å². The highest BCUT2D eigenvalue weighted by molar-refractivity contribution is 5.35. The van der Waals surface area contributed by atoms with Crippen molar-refractivity contribution in [2.24, 2.45) is 0 Å². The second-order valence-electron chi connectivity index (χ2n) is 4.25. The van der Waals surface area contributed by atoms with Gasteiger partial charge in [0, 0.05) is 6.54 Å². The molecule has 1 fully saturated rings. The van der Waals surface area contributed by atoms with Gasteiger partial charge in [0.1, 0.15) is 0 Å². The van der Waals surface area contributed by atoms with Gasteiger partial charge < -0.3 is 5.32 Å². The Hall–Kier alpha value is -0.820. The van der Waals surface area contributed by atoms with Gasteiger partial charge in [0.25, 0.3) is 0 Å². The van der Waals surface area contributed by atoms with Crippen molar-refractivity contribution in [3.05, 3.63) is 34.9 Å². The lowest BCUT2D eigenvalue weighted by molar-refractivity contribution is 0.726. The summed E-state index contributed by atoms with van der Waals surface area (Å²) in [5.74, 6) is 0.878. The molecule has 0 saturated heterocycles. The number of benzene rings is 1. The van der Waals surface area contributed by atoms with E-state index in [9.17, 15) is 0 Å². The molecule has 1 nitrogen and oxygen atoms in total. The molecule has 1 aromatic carbocycles. The SMILES string of the molecule is CCNCc1ccc(C2CC2)c(C)c1. The first-order valence-corrected chi connectivity index (χ1v) is 5.61. The maximum atomic E-state index is 3.36. The van der Waals surface area contributed by atoms with Gasteiger partial charge in [0.05, 0.1) is 0 Å². The number of aryl methyl sites for hydroxylation is 1. The standard InChI is InChI=1S/C13H19N/c1-3-14-9-11-4-7-13(10(2)8-11)12-5-6-12/h4,7-8,12,14H,3,5-6,9H2,1-2H3. The highest BCUT2D eigenvalue weighted by Crippen LogP contribution is 2.41. The fraction of sp³-hybridized carbons (Fsp3) is 0.538. The zero-order valence-electron chi connectivity index (χ0n) is 9.14. The summed E-state index contributed by atoms with van der Waals surface area (Å²) in [6.07, 6.45) is 2.79. The predicted molar refractivity (Wildman–Crippen MR) is 60.5 cm³/mol. The van der Waals surface area contributed by atoms with E-state index in [2.05, 4.69) is 37.4 Å². The summed E-state index contributed by atoms with van der Waals surface area (Å²) in [7, 11) is 0. The van der Waals surface area contributed by atoms with Crippen LogP contribution in [-0.4, -0.2) is 6.54 Å². The first-order valence-electron chi connectivity index (χ1n) is 5.61. The van der Waals surface area contributed by atoms with Gasteiger partial charge in [-0.1, -0.05) is 25.1 Å². The second-order valence-corrected chi connectivity index (χ2v) is 4.25. The number of rotatable bonds is 4. The van der Waals surface area contributed by atoms with Crippen molar-refractivity contribution in [2.45, 2.75) is 39.2 Å². The third-order valence-electron chi connectivity index (χ3n) is 2.93. The molecular formula is C13H19N. The third kappa shape index (κ3) is 2.16. The van der Waals surface area contributed by atoms with Gasteiger partial charge in [-0.05, 0) is 48.9 Å². The summed E-state index contributed by atoms with van der Waals surface area (Å²) in [6, 6.07) is 6.92. The van der Waals surface area contributed by atoms with E-state index in [0.29, 0.717) is 0 Å². The monoisotopic (exact) mass is 189 g/mol. The molecule has 0 spiro atoms. The van der Waals surface area contributed by atoms with Crippen LogP contribution in [0.15, 0.2) is 18.2 Å². The number of hydrogen-bond acceptors (Lipinski definition) is 1. The van der Waals surface area contributed by atoms with E-state index in [1.165, 1.54) is 24.0 Å². The first-order chi connectivity index (χ1) is 6.81. The maximum absolute atomic E-state index is 3.36. The van der Waals surface area contributed by atoms with Gasteiger partial charge in [0.15, 0.2) is 0 Å². The number of hydrogen-bond donors (Lipinski definition) is 1. The molecule has 0 bridgehead atoms. The molecule has 0 atom stereocenters. The first kappa shape index (κ1) is 9.72. The molecule has 2 rings (SSSR count). The summed E-state index contributed by atoms with van der Waals surface area (Å²) in [6.45, 7) is 6.43. The lowest BCUT2D eigenvalue weighted by Gasteiger charge is -2.07. The van der Waals surface area contributed by atoms with Crippen LogP contribution < -0.4 is 5.32 Å². The Bertz CT molecular complexity index is 313. The Labute approximate surface area is 86.5 Å². The summed E-state index contributed by atoms with van der Waals surface area (Å²) >= 11 is 0. The van der Waals surface area contributed by atoms with Crippen LogP contribution in [-0.2, 0) is 6.54 Å². The Kier molecular flexibility index (Phi) is 2.87. The minimum Gasteiger partial charge on any atom is -0.313 e. The molecule has 1 aromatic rings. The average Bonchev–Trinajstić information content (AvgIpc) is 2.98. The molecule has 0 heterocycles. The molecule has 0 radical (unpaired) electrons. The fourth-order valence-corrected chi connectivity index (χ4v) is 1.97. The van der Waals surface area contributed by atoms with Crippen LogP contribution in [0.5, 0.6) is 0 Å². The molecule has 0 aromatic heterocycles. The smallest absolute Gasteiger partial charge is 0.0205 e. The Balaban J connectivity index is 2.09. The van der Waals surface area contributed by atoms with Gasteiger partial charge in [-0.2, -0.15) is 0 Å². The van der Waals surface area contributed by atoms with E-state index in [0.717, 1.165) is 19.0 Å². The molecule has 1 aliphatic carbocycles. The maximum Gasteiger partial charge on any atom is 0.0205 e. The third-order valence-corrected chi connectivity index (χ3v) is 2.93. The van der Waals surface area contributed by atoms with Crippen molar-refractivity contribution in [3.63, 3.8) is 0 Å². The topological polar surface area (TPSA) is 12.0 Å². The Morgan fingerprint density at radius 3 is 2.71 bits per heavy atom. The average molecular weight is 189 g/mol. The Morgan fingerprint density at radius 1 is 1.36 bits per heavy atom. The van der Waals surface area contributed by atoms with Crippen LogP contribution >= 0.6 is 0 Å². The van der Waals surface area contributed by atoms with Gasteiger partial charge in [-0.3, -0.25) is 0 Å². The minimum absolute atomic E-state index is 0.878. The molecule has 1 heteroatoms. The van der Waals surface area contributed by atoms with Crippen LogP contribution in [0.1, 0.15) is 42.4 Å². The minimum atomic E-state index is 0.878. The van der Waals surface area contributed by atoms with Crippen molar-refractivity contribution < 1.29 is 0 Å². The molecular weight excluding hydrogens is 170 g/mol. The lowest BCUT2D eigenvalue weighted by atomic mass is 10.0. The van der Waals surface area contributed by atoms with E-state index >= 15 is 0 Å². The van der Waals surface area contributed by atoms with Crippen LogP contribution in [0.2, 0.25) is 0 Å². The molecule has 1 saturated carbocycles. The predicted octanol–water partition coefficient (Wildman–Crippen LogP) is 2.98. The highest BCUT2D eigenvalue weighted by atomic mass is 14.8. The summed E-state index contributed by atoms with van der Waals surface area (Å²) < 4.78 is 0. The molecule has 0 aliphatic heterocycles. The van der Waals surface area contributed by atoms with Crippen molar-refractivity contribution in [1.29, 1.82) is 0 Å². The van der Waals surface area contributed by atoms with Gasteiger partial charge >= 0.3 is 0 Å². The van der Waals surface area contributed by atoms with E-state index in [1.807, 2.05) is 0 Å². The molecule has 76 valence electrons. The van der Waals surface area contributed by atoms with E-state index < -0.39 is 0 Å². The van der Waals surface area contributed by atoms with Gasteiger partial charge in [-0.25, -0.2) is 0 Å². The van der Waals surface area contributed by atoms with Gasteiger partial charge in [-0.15, -0.1) is 0 Å². The summed E-state index contributed by atoms with van der Waals surface area (Å²) in [5, 5.41) is 3.36. The zero-order valence-corrected chi connectivity index (χ0v) is 9.14. The van der Waals surface area contributed by atoms with Crippen LogP contribution in [0.3, 0.4) is 0 Å². The Morgan fingerprint density at radius 2 is 2.14 bits per heavy atom. The molecule has 0 unspecified atom stereocenters. The highest BCUT2D eigenvalue weighted by Gasteiger charge is 2.24. The number of nitrogens with one attached hydrogen (secondary N) is 1. The molecule has 14 heavy (non-hydrogen) atoms. The fourth-order valence-electron chi connectivity index (χ4n) is 1.97. The van der Waals surface area contributed by atoms with Crippen molar-refractivity contribution in [3.8, 4) is 0 Å². The largest absolute Gasteiger partial charge is 0.313 e. The molecule has 1 N–H and O–H groups in total. The van der Waals surface area contributed by atoms with Gasteiger partial charge in [0.2, 0.25) is 0 Å². The van der Waals surface area contributed by atoms with E-state index in [-0.39, 0.29) is 0 Å². The molecule has 1 aliphatic rings. The zero-order chi connectivity index (χ0) is 9.97. The van der Waals surface area contributed by atoms with Crippen LogP contribution in [0, 0.1) is 6.92 Å². The normalized spacial score (nSPS) is 15.9. The van der Waals surface area contributed by atoms with E-state index in [1.54, 1.807) is 5.56 Å². The van der Waals surface area contributed by atoms with Crippen LogP contribution in [0.4, 0.5) is 0 Å². The van der Waals surface area contributed by atoms with Crippen molar-refractivity contribution in [1.82, 2.24) is 5.32 Å². The quantitative estimate of drug-likeness (QED) is 0.767.